The number of H-pyrrole nitrogens is 1. The van der Waals surface area contributed by atoms with E-state index in [4.69, 9.17) is 0 Å². The minimum absolute atomic E-state index is 0.112. The molecule has 1 amide bonds. The van der Waals surface area contributed by atoms with Crippen LogP contribution in [-0.2, 0) is 11.3 Å². The first-order valence-electron chi connectivity index (χ1n) is 4.96. The molecule has 4 nitrogen and oxygen atoms in total. The number of aromatic amines is 1. The molecule has 0 spiro atoms. The summed E-state index contributed by atoms with van der Waals surface area (Å²) in [5.41, 5.74) is 1.00. The Morgan fingerprint density at radius 3 is 3.07 bits per heavy atom. The van der Waals surface area contributed by atoms with E-state index in [2.05, 4.69) is 29.4 Å². The maximum Gasteiger partial charge on any atom is 0.220 e. The topological polar surface area (TPSA) is 57.8 Å². The SMILES string of the molecule is CCC(C)CC(=O)NCc1cn[nH]c1. The van der Waals surface area contributed by atoms with Gasteiger partial charge in [0, 0.05) is 24.7 Å². The van der Waals surface area contributed by atoms with Crippen LogP contribution in [0.1, 0.15) is 32.3 Å². The summed E-state index contributed by atoms with van der Waals surface area (Å²) in [5, 5.41) is 9.36. The van der Waals surface area contributed by atoms with Gasteiger partial charge in [-0.1, -0.05) is 20.3 Å². The van der Waals surface area contributed by atoms with Gasteiger partial charge in [0.05, 0.1) is 6.20 Å². The Labute approximate surface area is 84.1 Å². The number of aromatic nitrogens is 2. The van der Waals surface area contributed by atoms with Crippen molar-refractivity contribution >= 4 is 5.91 Å². The van der Waals surface area contributed by atoms with Crippen molar-refractivity contribution in [3.63, 3.8) is 0 Å². The highest BCUT2D eigenvalue weighted by Gasteiger charge is 2.06. The maximum atomic E-state index is 11.4. The summed E-state index contributed by atoms with van der Waals surface area (Å²) in [6, 6.07) is 0. The number of amides is 1. The van der Waals surface area contributed by atoms with E-state index < -0.39 is 0 Å². The molecule has 1 atom stereocenters. The zero-order valence-electron chi connectivity index (χ0n) is 8.71. The molecular weight excluding hydrogens is 178 g/mol. The number of carbonyl (C=O) groups excluding carboxylic acids is 1. The normalized spacial score (nSPS) is 12.4. The zero-order chi connectivity index (χ0) is 10.4. The molecule has 78 valence electrons. The number of hydrogen-bond acceptors (Lipinski definition) is 2. The molecule has 1 aromatic rings. The lowest BCUT2D eigenvalue weighted by Gasteiger charge is -2.07. The predicted molar refractivity (Wildman–Crippen MR) is 54.5 cm³/mol. The molecule has 2 N–H and O–H groups in total. The van der Waals surface area contributed by atoms with Gasteiger partial charge in [-0.05, 0) is 5.92 Å². The summed E-state index contributed by atoms with van der Waals surface area (Å²) in [5.74, 6) is 0.569. The van der Waals surface area contributed by atoms with Crippen molar-refractivity contribution in [1.29, 1.82) is 0 Å². The number of nitrogens with one attached hydrogen (secondary N) is 2. The molecule has 0 aliphatic heterocycles. The molecule has 0 saturated carbocycles. The molecule has 1 unspecified atom stereocenters. The Balaban J connectivity index is 2.22. The van der Waals surface area contributed by atoms with Gasteiger partial charge >= 0.3 is 0 Å². The van der Waals surface area contributed by atoms with Crippen molar-refractivity contribution < 1.29 is 4.79 Å². The second-order valence-electron chi connectivity index (χ2n) is 3.60. The number of carbonyl (C=O) groups is 1. The van der Waals surface area contributed by atoms with Crippen molar-refractivity contribution in [3.8, 4) is 0 Å². The first-order chi connectivity index (χ1) is 6.72. The standard InChI is InChI=1S/C10H17N3O/c1-3-8(2)4-10(14)11-5-9-6-12-13-7-9/h6-8H,3-5H2,1-2H3,(H,11,14)(H,12,13). The summed E-state index contributed by atoms with van der Waals surface area (Å²) in [6.07, 6.45) is 5.14. The van der Waals surface area contributed by atoms with E-state index in [9.17, 15) is 4.79 Å². The van der Waals surface area contributed by atoms with E-state index in [1.165, 1.54) is 0 Å². The predicted octanol–water partition coefficient (Wildman–Crippen LogP) is 1.46. The van der Waals surface area contributed by atoms with Crippen molar-refractivity contribution in [2.24, 2.45) is 5.92 Å². The van der Waals surface area contributed by atoms with Crippen molar-refractivity contribution in [3.05, 3.63) is 18.0 Å². The molecule has 1 heterocycles. The molecule has 14 heavy (non-hydrogen) atoms. The van der Waals surface area contributed by atoms with Gasteiger partial charge in [-0.3, -0.25) is 9.89 Å². The summed E-state index contributed by atoms with van der Waals surface area (Å²) in [4.78, 5) is 11.4. The van der Waals surface area contributed by atoms with E-state index in [0.717, 1.165) is 12.0 Å². The van der Waals surface area contributed by atoms with Gasteiger partial charge in [0.25, 0.3) is 0 Å². The second-order valence-corrected chi connectivity index (χ2v) is 3.60. The van der Waals surface area contributed by atoms with Crippen LogP contribution in [0.5, 0.6) is 0 Å². The third-order valence-electron chi connectivity index (χ3n) is 2.28. The molecule has 0 aliphatic carbocycles. The molecule has 4 heteroatoms. The van der Waals surface area contributed by atoms with Gasteiger partial charge in [0.2, 0.25) is 5.91 Å². The molecule has 0 fully saturated rings. The lowest BCUT2D eigenvalue weighted by Crippen LogP contribution is -2.24. The van der Waals surface area contributed by atoms with Gasteiger partial charge in [-0.25, -0.2) is 0 Å². The van der Waals surface area contributed by atoms with E-state index in [0.29, 0.717) is 18.9 Å². The van der Waals surface area contributed by atoms with Crippen LogP contribution in [-0.4, -0.2) is 16.1 Å². The third-order valence-corrected chi connectivity index (χ3v) is 2.28. The number of rotatable bonds is 5. The van der Waals surface area contributed by atoms with Crippen LogP contribution in [0.25, 0.3) is 0 Å². The largest absolute Gasteiger partial charge is 0.352 e. The summed E-state index contributed by atoms with van der Waals surface area (Å²) in [7, 11) is 0. The smallest absolute Gasteiger partial charge is 0.220 e. The molecule has 0 radical (unpaired) electrons. The Morgan fingerprint density at radius 2 is 2.50 bits per heavy atom. The highest BCUT2D eigenvalue weighted by atomic mass is 16.1. The fraction of sp³-hybridized carbons (Fsp3) is 0.600. The van der Waals surface area contributed by atoms with Crippen LogP contribution in [0.3, 0.4) is 0 Å². The monoisotopic (exact) mass is 195 g/mol. The fourth-order valence-electron chi connectivity index (χ4n) is 1.11. The lowest BCUT2D eigenvalue weighted by molar-refractivity contribution is -0.122. The highest BCUT2D eigenvalue weighted by molar-refractivity contribution is 5.76. The molecule has 1 aromatic heterocycles. The number of nitrogens with zero attached hydrogens (tertiary/aromatic N) is 1. The van der Waals surface area contributed by atoms with Crippen LogP contribution in [0, 0.1) is 5.92 Å². The summed E-state index contributed by atoms with van der Waals surface area (Å²) in [6.45, 7) is 4.73. The lowest BCUT2D eigenvalue weighted by atomic mass is 10.1. The Bertz CT molecular complexity index is 269. The average molecular weight is 195 g/mol. The van der Waals surface area contributed by atoms with Gasteiger partial charge in [-0.15, -0.1) is 0 Å². The Morgan fingerprint density at radius 1 is 1.71 bits per heavy atom. The zero-order valence-corrected chi connectivity index (χ0v) is 8.71. The van der Waals surface area contributed by atoms with Gasteiger partial charge < -0.3 is 5.32 Å². The van der Waals surface area contributed by atoms with Crippen LogP contribution < -0.4 is 5.32 Å². The Kier molecular flexibility index (Phi) is 4.16. The van der Waals surface area contributed by atoms with Crippen LogP contribution in [0.4, 0.5) is 0 Å². The summed E-state index contributed by atoms with van der Waals surface area (Å²) >= 11 is 0. The molecule has 0 saturated heterocycles. The van der Waals surface area contributed by atoms with E-state index >= 15 is 0 Å². The molecule has 0 bridgehead atoms. The van der Waals surface area contributed by atoms with E-state index in [1.807, 2.05) is 0 Å². The molecule has 0 aliphatic rings. The van der Waals surface area contributed by atoms with E-state index in [1.54, 1.807) is 12.4 Å². The van der Waals surface area contributed by atoms with E-state index in [-0.39, 0.29) is 5.91 Å². The van der Waals surface area contributed by atoms with Gasteiger partial charge in [0.1, 0.15) is 0 Å². The average Bonchev–Trinajstić information content (AvgIpc) is 2.67. The summed E-state index contributed by atoms with van der Waals surface area (Å²) < 4.78 is 0. The third kappa shape index (κ3) is 3.60. The van der Waals surface area contributed by atoms with Crippen molar-refractivity contribution in [2.45, 2.75) is 33.2 Å². The molecular formula is C10H17N3O. The first kappa shape index (κ1) is 10.8. The second kappa shape index (κ2) is 5.42. The van der Waals surface area contributed by atoms with Crippen molar-refractivity contribution in [2.75, 3.05) is 0 Å². The molecule has 1 rings (SSSR count). The fourth-order valence-corrected chi connectivity index (χ4v) is 1.11. The van der Waals surface area contributed by atoms with Gasteiger partial charge in [-0.2, -0.15) is 5.10 Å². The maximum absolute atomic E-state index is 11.4. The van der Waals surface area contributed by atoms with Crippen LogP contribution in [0.15, 0.2) is 12.4 Å². The van der Waals surface area contributed by atoms with Gasteiger partial charge in [0.15, 0.2) is 0 Å². The van der Waals surface area contributed by atoms with Crippen LogP contribution >= 0.6 is 0 Å². The minimum Gasteiger partial charge on any atom is -0.352 e. The number of hydrogen-bond donors (Lipinski definition) is 2. The minimum atomic E-state index is 0.112. The quantitative estimate of drug-likeness (QED) is 0.747. The highest BCUT2D eigenvalue weighted by Crippen LogP contribution is 2.05. The Hall–Kier alpha value is -1.32. The van der Waals surface area contributed by atoms with Crippen LogP contribution in [0.2, 0.25) is 0 Å². The molecule has 0 aromatic carbocycles. The van der Waals surface area contributed by atoms with Crippen molar-refractivity contribution in [1.82, 2.24) is 15.5 Å². The first-order valence-corrected chi connectivity index (χ1v) is 4.96.